The molecule has 6 heteroatoms. The number of amides is 2. The Morgan fingerprint density at radius 2 is 2.11 bits per heavy atom. The van der Waals surface area contributed by atoms with Crippen LogP contribution >= 0.6 is 0 Å². The normalized spacial score (nSPS) is 22.1. The van der Waals surface area contributed by atoms with Gasteiger partial charge in [0.2, 0.25) is 0 Å². The number of carbonyl (C=O) groups excluding carboxylic acids is 1. The van der Waals surface area contributed by atoms with Gasteiger partial charge >= 0.3 is 12.0 Å². The van der Waals surface area contributed by atoms with E-state index in [2.05, 4.69) is 5.32 Å². The predicted octanol–water partition coefficient (Wildman–Crippen LogP) is 0.833. The summed E-state index contributed by atoms with van der Waals surface area (Å²) in [4.78, 5) is 26.9. The number of hydrogen-bond acceptors (Lipinski definition) is 3. The fourth-order valence-electron chi connectivity index (χ4n) is 2.66. The van der Waals surface area contributed by atoms with Crippen molar-refractivity contribution in [2.75, 3.05) is 33.7 Å². The molecule has 0 aromatic heterocycles. The van der Waals surface area contributed by atoms with E-state index in [4.69, 9.17) is 0 Å². The fourth-order valence-corrected chi connectivity index (χ4v) is 2.66. The van der Waals surface area contributed by atoms with E-state index >= 15 is 0 Å². The number of aliphatic carboxylic acids is 1. The highest BCUT2D eigenvalue weighted by atomic mass is 16.4. The van der Waals surface area contributed by atoms with Crippen LogP contribution in [0, 0.1) is 5.41 Å². The van der Waals surface area contributed by atoms with Crippen molar-refractivity contribution in [1.29, 1.82) is 0 Å². The molecule has 1 aliphatic rings. The smallest absolute Gasteiger partial charge is 0.327 e. The number of carboxylic acids is 1. The maximum atomic E-state index is 12.4. The van der Waals surface area contributed by atoms with Crippen LogP contribution in [0.2, 0.25) is 0 Å². The van der Waals surface area contributed by atoms with E-state index in [0.717, 1.165) is 12.8 Å². The summed E-state index contributed by atoms with van der Waals surface area (Å²) in [5.74, 6) is -0.917. The molecule has 1 rings (SSSR count). The minimum absolute atomic E-state index is 0.199. The summed E-state index contributed by atoms with van der Waals surface area (Å²) in [7, 11) is 3.53. The van der Waals surface area contributed by atoms with Crippen molar-refractivity contribution in [3.63, 3.8) is 0 Å². The summed E-state index contributed by atoms with van der Waals surface area (Å²) < 4.78 is 0. The number of hydrogen-bond donors (Lipinski definition) is 2. The monoisotopic (exact) mass is 271 g/mol. The lowest BCUT2D eigenvalue weighted by atomic mass is 9.76. The molecule has 1 fully saturated rings. The molecular formula is C13H25N3O3. The van der Waals surface area contributed by atoms with Crippen molar-refractivity contribution in [1.82, 2.24) is 15.1 Å². The third-order valence-corrected chi connectivity index (χ3v) is 3.78. The molecule has 19 heavy (non-hydrogen) atoms. The third-order valence-electron chi connectivity index (χ3n) is 3.78. The summed E-state index contributed by atoms with van der Waals surface area (Å²) in [6.45, 7) is 5.61. The van der Waals surface area contributed by atoms with E-state index in [0.29, 0.717) is 19.6 Å². The van der Waals surface area contributed by atoms with Gasteiger partial charge in [0.05, 0.1) is 0 Å². The highest BCUT2D eigenvalue weighted by Gasteiger charge is 2.45. The first kappa shape index (κ1) is 15.8. The molecule has 0 aromatic carbocycles. The van der Waals surface area contributed by atoms with Gasteiger partial charge in [0.25, 0.3) is 0 Å². The molecule has 110 valence electrons. The topological polar surface area (TPSA) is 72.9 Å². The van der Waals surface area contributed by atoms with Crippen LogP contribution in [0.15, 0.2) is 0 Å². The van der Waals surface area contributed by atoms with Gasteiger partial charge in [-0.2, -0.15) is 0 Å². The molecule has 1 unspecified atom stereocenters. The van der Waals surface area contributed by atoms with E-state index in [-0.39, 0.29) is 11.4 Å². The minimum atomic E-state index is -0.917. The second kappa shape index (κ2) is 6.23. The first-order chi connectivity index (χ1) is 8.81. The third kappa shape index (κ3) is 3.59. The molecule has 1 atom stereocenters. The summed E-state index contributed by atoms with van der Waals surface area (Å²) in [6, 6.07) is -0.943. The van der Waals surface area contributed by atoms with Crippen LogP contribution in [0.5, 0.6) is 0 Å². The van der Waals surface area contributed by atoms with Gasteiger partial charge in [-0.3, -0.25) is 0 Å². The number of rotatable bonds is 4. The van der Waals surface area contributed by atoms with Gasteiger partial charge in [-0.15, -0.1) is 0 Å². The molecule has 0 aliphatic carbocycles. The lowest BCUT2D eigenvalue weighted by Gasteiger charge is -2.45. The number of nitrogens with zero attached hydrogens (tertiary/aromatic N) is 2. The summed E-state index contributed by atoms with van der Waals surface area (Å²) in [5.41, 5.74) is -0.385. The number of carbonyl (C=O) groups is 2. The lowest BCUT2D eigenvalue weighted by Crippen LogP contribution is -2.59. The van der Waals surface area contributed by atoms with Gasteiger partial charge in [-0.05, 0) is 25.3 Å². The maximum absolute atomic E-state index is 12.4. The van der Waals surface area contributed by atoms with Crippen molar-refractivity contribution < 1.29 is 14.7 Å². The summed E-state index contributed by atoms with van der Waals surface area (Å²) in [5, 5.41) is 12.4. The Kier molecular flexibility index (Phi) is 5.17. The number of urea groups is 1. The molecule has 0 bridgehead atoms. The zero-order valence-electron chi connectivity index (χ0n) is 12.3. The SMILES string of the molecule is CNCCN(C)C(=O)N1CCCC(C)(C)C1C(=O)O. The first-order valence-electron chi connectivity index (χ1n) is 6.70. The Bertz CT molecular complexity index is 344. The van der Waals surface area contributed by atoms with E-state index in [9.17, 15) is 14.7 Å². The second-order valence-corrected chi connectivity index (χ2v) is 5.83. The van der Waals surface area contributed by atoms with Crippen molar-refractivity contribution >= 4 is 12.0 Å². The zero-order chi connectivity index (χ0) is 14.6. The number of likely N-dealkylation sites (tertiary alicyclic amines) is 1. The van der Waals surface area contributed by atoms with Crippen molar-refractivity contribution in [3.8, 4) is 0 Å². The van der Waals surface area contributed by atoms with Crippen LogP contribution in [0.1, 0.15) is 26.7 Å². The van der Waals surface area contributed by atoms with Crippen molar-refractivity contribution in [3.05, 3.63) is 0 Å². The van der Waals surface area contributed by atoms with E-state index in [1.165, 1.54) is 4.90 Å². The molecule has 6 nitrogen and oxygen atoms in total. The van der Waals surface area contributed by atoms with Crippen LogP contribution < -0.4 is 5.32 Å². The maximum Gasteiger partial charge on any atom is 0.327 e. The molecule has 2 amide bonds. The molecule has 0 aromatic rings. The lowest BCUT2D eigenvalue weighted by molar-refractivity contribution is -0.148. The standard InChI is InChI=1S/C13H25N3O3/c1-13(2)6-5-8-16(10(13)11(17)18)12(19)15(4)9-7-14-3/h10,14H,5-9H2,1-4H3,(H,17,18). The number of piperidine rings is 1. The quantitative estimate of drug-likeness (QED) is 0.794. The summed E-state index contributed by atoms with van der Waals surface area (Å²) >= 11 is 0. The van der Waals surface area contributed by atoms with Crippen molar-refractivity contribution in [2.45, 2.75) is 32.7 Å². The van der Waals surface area contributed by atoms with Crippen molar-refractivity contribution in [2.24, 2.45) is 5.41 Å². The summed E-state index contributed by atoms with van der Waals surface area (Å²) in [6.07, 6.45) is 1.68. The zero-order valence-corrected chi connectivity index (χ0v) is 12.3. The van der Waals surface area contributed by atoms with E-state index in [1.807, 2.05) is 20.9 Å². The molecule has 0 radical (unpaired) electrons. The molecule has 0 spiro atoms. The van der Waals surface area contributed by atoms with E-state index < -0.39 is 12.0 Å². The first-order valence-corrected chi connectivity index (χ1v) is 6.70. The van der Waals surface area contributed by atoms with Gasteiger partial charge in [0.1, 0.15) is 6.04 Å². The number of carboxylic acid groups (broad SMARTS) is 1. The Hall–Kier alpha value is -1.30. The Balaban J connectivity index is 2.83. The average Bonchev–Trinajstić information content (AvgIpc) is 2.32. The van der Waals surface area contributed by atoms with Gasteiger partial charge < -0.3 is 20.2 Å². The van der Waals surface area contributed by atoms with Crippen LogP contribution in [0.3, 0.4) is 0 Å². The molecule has 2 N–H and O–H groups in total. The van der Waals surface area contributed by atoms with E-state index in [1.54, 1.807) is 11.9 Å². The van der Waals surface area contributed by atoms with Gasteiger partial charge in [-0.1, -0.05) is 13.8 Å². The van der Waals surface area contributed by atoms with Crippen LogP contribution in [0.4, 0.5) is 4.79 Å². The molecular weight excluding hydrogens is 246 g/mol. The highest BCUT2D eigenvalue weighted by molar-refractivity contribution is 5.83. The highest BCUT2D eigenvalue weighted by Crippen LogP contribution is 2.35. The Morgan fingerprint density at radius 3 is 2.63 bits per heavy atom. The number of nitrogens with one attached hydrogen (secondary N) is 1. The molecule has 1 aliphatic heterocycles. The van der Waals surface area contributed by atoms with Crippen LogP contribution in [-0.4, -0.2) is 66.7 Å². The Morgan fingerprint density at radius 1 is 1.47 bits per heavy atom. The van der Waals surface area contributed by atoms with Gasteiger partial charge in [0.15, 0.2) is 0 Å². The average molecular weight is 271 g/mol. The van der Waals surface area contributed by atoms with Crippen LogP contribution in [-0.2, 0) is 4.79 Å². The number of likely N-dealkylation sites (N-methyl/N-ethyl adjacent to an activating group) is 2. The van der Waals surface area contributed by atoms with Gasteiger partial charge in [-0.25, -0.2) is 9.59 Å². The largest absolute Gasteiger partial charge is 0.480 e. The molecule has 0 saturated carbocycles. The second-order valence-electron chi connectivity index (χ2n) is 5.83. The molecule has 1 saturated heterocycles. The minimum Gasteiger partial charge on any atom is -0.480 e. The predicted molar refractivity (Wildman–Crippen MR) is 73.1 cm³/mol. The van der Waals surface area contributed by atoms with Gasteiger partial charge in [0, 0.05) is 26.7 Å². The Labute approximate surface area is 114 Å². The fraction of sp³-hybridized carbons (Fsp3) is 0.846. The van der Waals surface area contributed by atoms with Crippen LogP contribution in [0.25, 0.3) is 0 Å². The molecule has 1 heterocycles.